The van der Waals surface area contributed by atoms with E-state index < -0.39 is 0 Å². The molecule has 0 saturated carbocycles. The van der Waals surface area contributed by atoms with Gasteiger partial charge in [0.05, 0.1) is 0 Å². The SMILES string of the molecule is C1=C(N(Cc2ccccc2)Cc2ccccc2)CCCCC1. The van der Waals surface area contributed by atoms with Gasteiger partial charge < -0.3 is 4.90 Å². The fourth-order valence-corrected chi connectivity index (χ4v) is 3.15. The molecule has 3 rings (SSSR count). The number of hydrogen-bond acceptors (Lipinski definition) is 1. The Balaban J connectivity index is 1.79. The van der Waals surface area contributed by atoms with Gasteiger partial charge in [0, 0.05) is 18.8 Å². The standard InChI is InChI=1S/C21H25N/c1-2-10-16-21(15-9-1)22(17-19-11-5-3-6-12-19)18-20-13-7-4-8-14-20/h3-8,11-15H,1-2,9-10,16-18H2. The summed E-state index contributed by atoms with van der Waals surface area (Å²) in [5.74, 6) is 0. The van der Waals surface area contributed by atoms with E-state index in [1.807, 2.05) is 0 Å². The largest absolute Gasteiger partial charge is 0.366 e. The highest BCUT2D eigenvalue weighted by molar-refractivity contribution is 5.19. The average molecular weight is 291 g/mol. The Morgan fingerprint density at radius 3 is 1.86 bits per heavy atom. The lowest BCUT2D eigenvalue weighted by Crippen LogP contribution is -2.22. The molecule has 0 atom stereocenters. The van der Waals surface area contributed by atoms with Crippen LogP contribution in [-0.2, 0) is 13.1 Å². The molecule has 0 fully saturated rings. The zero-order chi connectivity index (χ0) is 15.0. The molecular formula is C21H25N. The summed E-state index contributed by atoms with van der Waals surface area (Å²) >= 11 is 0. The van der Waals surface area contributed by atoms with Gasteiger partial charge >= 0.3 is 0 Å². The molecule has 2 aromatic carbocycles. The van der Waals surface area contributed by atoms with Crippen molar-refractivity contribution in [1.82, 2.24) is 4.90 Å². The second kappa shape index (κ2) is 7.84. The molecule has 0 saturated heterocycles. The van der Waals surface area contributed by atoms with E-state index >= 15 is 0 Å². The van der Waals surface area contributed by atoms with Gasteiger partial charge in [-0.1, -0.05) is 73.2 Å². The van der Waals surface area contributed by atoms with Crippen molar-refractivity contribution in [3.05, 3.63) is 83.6 Å². The first-order valence-electron chi connectivity index (χ1n) is 8.44. The summed E-state index contributed by atoms with van der Waals surface area (Å²) < 4.78 is 0. The van der Waals surface area contributed by atoms with Crippen LogP contribution in [0.4, 0.5) is 0 Å². The number of allylic oxidation sites excluding steroid dienone is 2. The van der Waals surface area contributed by atoms with Crippen LogP contribution in [0.3, 0.4) is 0 Å². The van der Waals surface area contributed by atoms with Gasteiger partial charge in [-0.05, 0) is 36.8 Å². The highest BCUT2D eigenvalue weighted by Gasteiger charge is 2.12. The van der Waals surface area contributed by atoms with Crippen molar-refractivity contribution in [2.75, 3.05) is 0 Å². The molecule has 22 heavy (non-hydrogen) atoms. The third kappa shape index (κ3) is 4.24. The summed E-state index contributed by atoms with van der Waals surface area (Å²) in [6.07, 6.45) is 8.96. The van der Waals surface area contributed by atoms with Gasteiger partial charge in [-0.25, -0.2) is 0 Å². The maximum absolute atomic E-state index is 2.57. The summed E-state index contributed by atoms with van der Waals surface area (Å²) in [6.45, 7) is 2.00. The zero-order valence-electron chi connectivity index (χ0n) is 13.2. The van der Waals surface area contributed by atoms with Crippen LogP contribution in [0.25, 0.3) is 0 Å². The van der Waals surface area contributed by atoms with Crippen molar-refractivity contribution in [3.8, 4) is 0 Å². The van der Waals surface area contributed by atoms with Crippen LogP contribution in [0.15, 0.2) is 72.4 Å². The maximum Gasteiger partial charge on any atom is 0.0430 e. The van der Waals surface area contributed by atoms with Crippen LogP contribution in [0.1, 0.15) is 43.2 Å². The molecule has 0 N–H and O–H groups in total. The smallest absolute Gasteiger partial charge is 0.0430 e. The topological polar surface area (TPSA) is 3.24 Å². The van der Waals surface area contributed by atoms with Crippen molar-refractivity contribution in [2.45, 2.75) is 45.2 Å². The molecule has 2 aromatic rings. The highest BCUT2D eigenvalue weighted by atomic mass is 15.1. The maximum atomic E-state index is 2.57. The predicted octanol–water partition coefficient (Wildman–Crippen LogP) is 5.54. The van der Waals surface area contributed by atoms with E-state index in [-0.39, 0.29) is 0 Å². The van der Waals surface area contributed by atoms with Gasteiger partial charge in [-0.15, -0.1) is 0 Å². The lowest BCUT2D eigenvalue weighted by Gasteiger charge is -2.28. The van der Waals surface area contributed by atoms with Crippen molar-refractivity contribution < 1.29 is 0 Å². The third-order valence-electron chi connectivity index (χ3n) is 4.36. The third-order valence-corrected chi connectivity index (χ3v) is 4.36. The minimum absolute atomic E-state index is 1.00. The fourth-order valence-electron chi connectivity index (χ4n) is 3.15. The highest BCUT2D eigenvalue weighted by Crippen LogP contribution is 2.24. The molecule has 0 radical (unpaired) electrons. The van der Waals surface area contributed by atoms with E-state index in [0.29, 0.717) is 0 Å². The molecule has 0 unspecified atom stereocenters. The van der Waals surface area contributed by atoms with Crippen LogP contribution in [-0.4, -0.2) is 4.90 Å². The van der Waals surface area contributed by atoms with Crippen LogP contribution in [0.2, 0.25) is 0 Å². The van der Waals surface area contributed by atoms with E-state index in [1.54, 1.807) is 0 Å². The lowest BCUT2D eigenvalue weighted by molar-refractivity contribution is 0.315. The molecule has 0 bridgehead atoms. The molecule has 0 spiro atoms. The van der Waals surface area contributed by atoms with E-state index in [9.17, 15) is 0 Å². The Bertz CT molecular complexity index is 544. The van der Waals surface area contributed by atoms with Crippen molar-refractivity contribution in [1.29, 1.82) is 0 Å². The Morgan fingerprint density at radius 1 is 0.682 bits per heavy atom. The second-order valence-electron chi connectivity index (χ2n) is 6.12. The van der Waals surface area contributed by atoms with Gasteiger partial charge in [0.15, 0.2) is 0 Å². The Morgan fingerprint density at radius 2 is 1.27 bits per heavy atom. The first-order chi connectivity index (χ1) is 10.9. The first kappa shape index (κ1) is 14.9. The first-order valence-corrected chi connectivity index (χ1v) is 8.44. The summed E-state index contributed by atoms with van der Waals surface area (Å²) in [5, 5.41) is 0. The molecule has 0 amide bonds. The predicted molar refractivity (Wildman–Crippen MR) is 93.3 cm³/mol. The molecule has 0 aromatic heterocycles. The van der Waals surface area contributed by atoms with E-state index in [1.165, 1.54) is 48.9 Å². The second-order valence-corrected chi connectivity index (χ2v) is 6.12. The summed E-state index contributed by atoms with van der Waals surface area (Å²) in [4.78, 5) is 2.57. The lowest BCUT2D eigenvalue weighted by atomic mass is 10.1. The molecule has 1 heteroatoms. The molecular weight excluding hydrogens is 266 g/mol. The van der Waals surface area contributed by atoms with Gasteiger partial charge in [0.1, 0.15) is 0 Å². The van der Waals surface area contributed by atoms with Crippen LogP contribution < -0.4 is 0 Å². The molecule has 1 aliphatic rings. The normalized spacial score (nSPS) is 15.0. The van der Waals surface area contributed by atoms with Gasteiger partial charge in [0.2, 0.25) is 0 Å². The number of hydrogen-bond donors (Lipinski definition) is 0. The zero-order valence-corrected chi connectivity index (χ0v) is 13.2. The number of nitrogens with zero attached hydrogens (tertiary/aromatic N) is 1. The number of rotatable bonds is 5. The summed E-state index contributed by atoms with van der Waals surface area (Å²) in [5.41, 5.74) is 4.32. The van der Waals surface area contributed by atoms with Crippen LogP contribution in [0.5, 0.6) is 0 Å². The van der Waals surface area contributed by atoms with E-state index in [2.05, 4.69) is 71.6 Å². The van der Waals surface area contributed by atoms with Crippen LogP contribution in [0, 0.1) is 0 Å². The molecule has 1 aliphatic carbocycles. The minimum atomic E-state index is 1.00. The Labute approximate surface area is 134 Å². The molecule has 114 valence electrons. The van der Waals surface area contributed by atoms with Crippen molar-refractivity contribution in [2.24, 2.45) is 0 Å². The Hall–Kier alpha value is -2.02. The quantitative estimate of drug-likeness (QED) is 0.699. The van der Waals surface area contributed by atoms with E-state index in [0.717, 1.165) is 13.1 Å². The van der Waals surface area contributed by atoms with Gasteiger partial charge in [-0.2, -0.15) is 0 Å². The van der Waals surface area contributed by atoms with E-state index in [4.69, 9.17) is 0 Å². The van der Waals surface area contributed by atoms with Crippen LogP contribution >= 0.6 is 0 Å². The molecule has 0 heterocycles. The molecule has 0 aliphatic heterocycles. The molecule has 1 nitrogen and oxygen atoms in total. The van der Waals surface area contributed by atoms with Crippen molar-refractivity contribution >= 4 is 0 Å². The van der Waals surface area contributed by atoms with Crippen molar-refractivity contribution in [3.63, 3.8) is 0 Å². The summed E-state index contributed by atoms with van der Waals surface area (Å²) in [6, 6.07) is 21.7. The minimum Gasteiger partial charge on any atom is -0.366 e. The van der Waals surface area contributed by atoms with Gasteiger partial charge in [0.25, 0.3) is 0 Å². The fraction of sp³-hybridized carbons (Fsp3) is 0.333. The average Bonchev–Trinajstić information content (AvgIpc) is 2.85. The Kier molecular flexibility index (Phi) is 5.31. The summed E-state index contributed by atoms with van der Waals surface area (Å²) in [7, 11) is 0. The number of benzene rings is 2. The van der Waals surface area contributed by atoms with Gasteiger partial charge in [-0.3, -0.25) is 0 Å². The monoisotopic (exact) mass is 291 g/mol.